The Kier molecular flexibility index (Phi) is 4.48. The molecule has 0 aliphatic carbocycles. The number of carbonyl (C=O) groups is 2. The van der Waals surface area contributed by atoms with Crippen LogP contribution in [-0.4, -0.2) is 31.1 Å². The lowest BCUT2D eigenvalue weighted by Gasteiger charge is -2.13. The fourth-order valence-corrected chi connectivity index (χ4v) is 1.49. The molecule has 0 unspecified atom stereocenters. The van der Waals surface area contributed by atoms with Crippen LogP contribution in [0.1, 0.15) is 26.3 Å². The lowest BCUT2D eigenvalue weighted by Crippen LogP contribution is -2.10. The van der Waals surface area contributed by atoms with E-state index in [1.54, 1.807) is 0 Å². The lowest BCUT2D eigenvalue weighted by atomic mass is 10.0. The summed E-state index contributed by atoms with van der Waals surface area (Å²) in [6, 6.07) is 1.28. The molecular formula is C13H14O5. The predicted molar refractivity (Wildman–Crippen MR) is 65.3 cm³/mol. The number of rotatable bonds is 5. The van der Waals surface area contributed by atoms with Gasteiger partial charge in [0.05, 0.1) is 7.11 Å². The quantitative estimate of drug-likeness (QED) is 0.490. The average molecular weight is 250 g/mol. The molecule has 0 aliphatic rings. The van der Waals surface area contributed by atoms with Crippen molar-refractivity contribution in [2.45, 2.75) is 6.92 Å². The molecular weight excluding hydrogens is 236 g/mol. The number of phenolic OH excluding ortho intramolecular Hbond substituents is 1. The molecule has 0 amide bonds. The molecule has 0 saturated heterocycles. The van der Waals surface area contributed by atoms with Crippen molar-refractivity contribution in [2.24, 2.45) is 0 Å². The Bertz CT molecular complexity index is 491. The van der Waals surface area contributed by atoms with Gasteiger partial charge in [-0.25, -0.2) is 4.79 Å². The molecule has 0 spiro atoms. The fraction of sp³-hybridized carbons (Fsp3) is 0.231. The van der Waals surface area contributed by atoms with E-state index in [0.29, 0.717) is 11.8 Å². The molecule has 96 valence electrons. The molecule has 0 aromatic heterocycles. The molecule has 0 heterocycles. The summed E-state index contributed by atoms with van der Waals surface area (Å²) < 4.78 is 9.86. The molecule has 0 fully saturated rings. The van der Waals surface area contributed by atoms with Crippen molar-refractivity contribution in [2.75, 3.05) is 13.7 Å². The van der Waals surface area contributed by atoms with Crippen LogP contribution in [-0.2, 0) is 4.74 Å². The Balaban J connectivity index is 3.47. The standard InChI is InChI=1S/C13H14O5/c1-4-5-18-11-6-10(15)8(2)9(7-14)12(11)13(16)17-3/h4,6-7,15H,1,5H2,2-3H3. The Morgan fingerprint density at radius 1 is 1.56 bits per heavy atom. The summed E-state index contributed by atoms with van der Waals surface area (Å²) in [5, 5.41) is 9.67. The Hall–Kier alpha value is -2.30. The third-order valence-electron chi connectivity index (χ3n) is 2.44. The van der Waals surface area contributed by atoms with Crippen LogP contribution >= 0.6 is 0 Å². The third-order valence-corrected chi connectivity index (χ3v) is 2.44. The molecule has 1 N–H and O–H groups in total. The number of hydrogen-bond donors (Lipinski definition) is 1. The number of esters is 1. The minimum absolute atomic E-state index is 0.00431. The molecule has 0 bridgehead atoms. The Morgan fingerprint density at radius 2 is 2.22 bits per heavy atom. The zero-order valence-electron chi connectivity index (χ0n) is 10.2. The maximum absolute atomic E-state index is 11.7. The Labute approximate surface area is 105 Å². The molecule has 1 aromatic rings. The van der Waals surface area contributed by atoms with Crippen LogP contribution in [0.4, 0.5) is 0 Å². The van der Waals surface area contributed by atoms with Crippen LogP contribution in [0, 0.1) is 6.92 Å². The molecule has 5 nitrogen and oxygen atoms in total. The van der Waals surface area contributed by atoms with Gasteiger partial charge >= 0.3 is 5.97 Å². The highest BCUT2D eigenvalue weighted by Crippen LogP contribution is 2.32. The highest BCUT2D eigenvalue weighted by Gasteiger charge is 2.22. The molecule has 0 aliphatic heterocycles. The number of carbonyl (C=O) groups excluding carboxylic acids is 2. The second-order valence-corrected chi connectivity index (χ2v) is 3.52. The van der Waals surface area contributed by atoms with E-state index in [-0.39, 0.29) is 29.2 Å². The van der Waals surface area contributed by atoms with Gasteiger partial charge in [0.25, 0.3) is 0 Å². The summed E-state index contributed by atoms with van der Waals surface area (Å²) in [5.41, 5.74) is 0.363. The number of aromatic hydroxyl groups is 1. The van der Waals surface area contributed by atoms with Gasteiger partial charge in [-0.15, -0.1) is 0 Å². The molecule has 5 heteroatoms. The predicted octanol–water partition coefficient (Wildman–Crippen LogP) is 1.86. The fourth-order valence-electron chi connectivity index (χ4n) is 1.49. The normalized spacial score (nSPS) is 9.67. The van der Waals surface area contributed by atoms with E-state index in [9.17, 15) is 14.7 Å². The summed E-state index contributed by atoms with van der Waals surface area (Å²) in [5.74, 6) is -0.727. The van der Waals surface area contributed by atoms with Crippen LogP contribution in [0.2, 0.25) is 0 Å². The number of benzene rings is 1. The summed E-state index contributed by atoms with van der Waals surface area (Å²) in [4.78, 5) is 22.7. The van der Waals surface area contributed by atoms with Gasteiger partial charge in [-0.05, 0) is 6.92 Å². The van der Waals surface area contributed by atoms with Gasteiger partial charge in [-0.3, -0.25) is 4.79 Å². The van der Waals surface area contributed by atoms with Crippen LogP contribution in [0.3, 0.4) is 0 Å². The van der Waals surface area contributed by atoms with E-state index in [2.05, 4.69) is 11.3 Å². The number of methoxy groups -OCH3 is 1. The maximum atomic E-state index is 11.7. The Morgan fingerprint density at radius 3 is 2.72 bits per heavy atom. The average Bonchev–Trinajstić information content (AvgIpc) is 2.38. The second-order valence-electron chi connectivity index (χ2n) is 3.52. The summed E-state index contributed by atoms with van der Waals surface area (Å²) >= 11 is 0. The van der Waals surface area contributed by atoms with Crippen molar-refractivity contribution in [3.63, 3.8) is 0 Å². The molecule has 0 saturated carbocycles. The highest BCUT2D eigenvalue weighted by molar-refractivity contribution is 6.02. The van der Waals surface area contributed by atoms with Crippen molar-refractivity contribution < 1.29 is 24.2 Å². The minimum atomic E-state index is -0.695. The van der Waals surface area contributed by atoms with Crippen LogP contribution in [0.25, 0.3) is 0 Å². The lowest BCUT2D eigenvalue weighted by molar-refractivity contribution is 0.0594. The van der Waals surface area contributed by atoms with Crippen LogP contribution in [0.15, 0.2) is 18.7 Å². The first-order valence-electron chi connectivity index (χ1n) is 5.20. The van der Waals surface area contributed by atoms with Gasteiger partial charge in [0.2, 0.25) is 0 Å². The third kappa shape index (κ3) is 2.51. The van der Waals surface area contributed by atoms with Crippen LogP contribution in [0.5, 0.6) is 11.5 Å². The summed E-state index contributed by atoms with van der Waals surface area (Å²) in [7, 11) is 1.20. The molecule has 18 heavy (non-hydrogen) atoms. The monoisotopic (exact) mass is 250 g/mol. The van der Waals surface area contributed by atoms with Gasteiger partial charge < -0.3 is 14.6 Å². The van der Waals surface area contributed by atoms with Crippen molar-refractivity contribution in [1.29, 1.82) is 0 Å². The minimum Gasteiger partial charge on any atom is -0.508 e. The number of aldehydes is 1. The van der Waals surface area contributed by atoms with Gasteiger partial charge in [0.1, 0.15) is 23.7 Å². The summed E-state index contributed by atoms with van der Waals surface area (Å²) in [6.07, 6.45) is 1.97. The van der Waals surface area contributed by atoms with E-state index in [1.165, 1.54) is 26.2 Å². The number of phenols is 1. The summed E-state index contributed by atoms with van der Waals surface area (Å²) in [6.45, 7) is 5.15. The first-order chi connectivity index (χ1) is 8.56. The molecule has 1 aromatic carbocycles. The number of hydrogen-bond acceptors (Lipinski definition) is 5. The van der Waals surface area contributed by atoms with Crippen molar-refractivity contribution >= 4 is 12.3 Å². The first-order valence-corrected chi connectivity index (χ1v) is 5.20. The molecule has 0 atom stereocenters. The second kappa shape index (κ2) is 5.86. The topological polar surface area (TPSA) is 72.8 Å². The van der Waals surface area contributed by atoms with Crippen molar-refractivity contribution in [3.05, 3.63) is 35.4 Å². The highest BCUT2D eigenvalue weighted by atomic mass is 16.5. The van der Waals surface area contributed by atoms with Gasteiger partial charge in [0, 0.05) is 17.2 Å². The smallest absolute Gasteiger partial charge is 0.342 e. The SMILES string of the molecule is C=CCOc1cc(O)c(C)c(C=O)c1C(=O)OC. The molecule has 0 radical (unpaired) electrons. The largest absolute Gasteiger partial charge is 0.508 e. The van der Waals surface area contributed by atoms with Crippen molar-refractivity contribution in [1.82, 2.24) is 0 Å². The first kappa shape index (κ1) is 13.8. The van der Waals surface area contributed by atoms with E-state index >= 15 is 0 Å². The van der Waals surface area contributed by atoms with E-state index in [1.807, 2.05) is 0 Å². The van der Waals surface area contributed by atoms with Gasteiger partial charge in [-0.2, -0.15) is 0 Å². The molecule has 1 rings (SSSR count). The van der Waals surface area contributed by atoms with Crippen LogP contribution < -0.4 is 4.74 Å². The number of ether oxygens (including phenoxy) is 2. The van der Waals surface area contributed by atoms with Gasteiger partial charge in [0.15, 0.2) is 6.29 Å². The maximum Gasteiger partial charge on any atom is 0.342 e. The van der Waals surface area contributed by atoms with E-state index < -0.39 is 5.97 Å². The van der Waals surface area contributed by atoms with Crippen molar-refractivity contribution in [3.8, 4) is 11.5 Å². The van der Waals surface area contributed by atoms with E-state index in [4.69, 9.17) is 4.74 Å². The zero-order chi connectivity index (χ0) is 13.7. The zero-order valence-corrected chi connectivity index (χ0v) is 10.2. The van der Waals surface area contributed by atoms with E-state index in [0.717, 1.165) is 0 Å². The van der Waals surface area contributed by atoms with Gasteiger partial charge in [-0.1, -0.05) is 12.7 Å².